The molecule has 244 valence electrons. The van der Waals surface area contributed by atoms with Crippen molar-refractivity contribution in [3.63, 3.8) is 0 Å². The van der Waals surface area contributed by atoms with Gasteiger partial charge >= 0.3 is 0 Å². The Morgan fingerprint density at radius 2 is 1.32 bits per heavy atom. The van der Waals surface area contributed by atoms with Crippen molar-refractivity contribution in [1.29, 1.82) is 0 Å². The predicted molar refractivity (Wildman–Crippen MR) is 194 cm³/mol. The number of phenols is 1. The number of halogens is 2. The first kappa shape index (κ1) is 33.4. The molecule has 0 radical (unpaired) electrons. The SMILES string of the molecule is CC(C)(C)[S+]([O-])NC(c1cc(Cl)c(Cl)cc1O)C1CCN(c2cnn(C(c3ccccc3)(c3ccccc3)c3ccccc3)c2)CC1. The molecular weight excluding hydrogens is 647 g/mol. The van der Waals surface area contributed by atoms with E-state index in [0.717, 1.165) is 48.3 Å². The maximum absolute atomic E-state index is 13.3. The molecule has 4 aromatic carbocycles. The zero-order valence-corrected chi connectivity index (χ0v) is 29.1. The Bertz CT molecular complexity index is 1680. The summed E-state index contributed by atoms with van der Waals surface area (Å²) in [5.41, 5.74) is 4.32. The Hall–Kier alpha value is -3.46. The molecule has 5 aromatic rings. The van der Waals surface area contributed by atoms with E-state index in [1.54, 1.807) is 6.07 Å². The molecule has 1 saturated heterocycles. The number of nitrogens with zero attached hydrogens (tertiary/aromatic N) is 3. The summed E-state index contributed by atoms with van der Waals surface area (Å²) in [4.78, 5) is 2.36. The number of piperidine rings is 1. The van der Waals surface area contributed by atoms with Crippen LogP contribution in [0.25, 0.3) is 0 Å². The Balaban J connectivity index is 1.32. The van der Waals surface area contributed by atoms with Crippen LogP contribution in [0.1, 0.15) is 61.9 Å². The van der Waals surface area contributed by atoms with Crippen LogP contribution in [0.5, 0.6) is 5.75 Å². The second kappa shape index (κ2) is 14.0. The number of aromatic nitrogens is 2. The third kappa shape index (κ3) is 6.78. The van der Waals surface area contributed by atoms with Gasteiger partial charge in [0.1, 0.15) is 16.0 Å². The maximum Gasteiger partial charge on any atom is 0.138 e. The molecule has 2 heterocycles. The number of aromatic hydroxyl groups is 1. The molecule has 47 heavy (non-hydrogen) atoms. The lowest BCUT2D eigenvalue weighted by Gasteiger charge is -2.38. The van der Waals surface area contributed by atoms with Gasteiger partial charge in [-0.2, -0.15) is 5.10 Å². The summed E-state index contributed by atoms with van der Waals surface area (Å²) < 4.78 is 18.3. The van der Waals surface area contributed by atoms with Gasteiger partial charge in [0, 0.05) is 36.1 Å². The normalized spacial score (nSPS) is 15.8. The smallest absolute Gasteiger partial charge is 0.138 e. The number of phenolic OH excluding ortho intramolecular Hbond substituents is 1. The van der Waals surface area contributed by atoms with E-state index in [9.17, 15) is 9.66 Å². The quantitative estimate of drug-likeness (QED) is 0.120. The minimum atomic E-state index is -1.36. The molecule has 6 nitrogen and oxygen atoms in total. The van der Waals surface area contributed by atoms with E-state index >= 15 is 0 Å². The van der Waals surface area contributed by atoms with Gasteiger partial charge in [0.05, 0.1) is 34.2 Å². The van der Waals surface area contributed by atoms with Gasteiger partial charge in [-0.3, -0.25) is 4.68 Å². The van der Waals surface area contributed by atoms with E-state index in [0.29, 0.717) is 10.6 Å². The van der Waals surface area contributed by atoms with Gasteiger partial charge in [0.2, 0.25) is 0 Å². The van der Waals surface area contributed by atoms with E-state index < -0.39 is 21.6 Å². The van der Waals surface area contributed by atoms with Crippen molar-refractivity contribution in [2.45, 2.75) is 49.9 Å². The van der Waals surface area contributed by atoms with Crippen molar-refractivity contribution in [2.24, 2.45) is 5.92 Å². The highest BCUT2D eigenvalue weighted by Crippen LogP contribution is 2.43. The van der Waals surface area contributed by atoms with Crippen LogP contribution in [0.3, 0.4) is 0 Å². The fraction of sp³-hybridized carbons (Fsp3) is 0.289. The zero-order valence-electron chi connectivity index (χ0n) is 26.8. The lowest BCUT2D eigenvalue weighted by Crippen LogP contribution is -2.45. The first-order valence-electron chi connectivity index (χ1n) is 15.9. The summed E-state index contributed by atoms with van der Waals surface area (Å²) >= 11 is 11.3. The molecule has 0 saturated carbocycles. The van der Waals surface area contributed by atoms with Crippen LogP contribution < -0.4 is 9.62 Å². The van der Waals surface area contributed by atoms with Crippen LogP contribution in [-0.4, -0.2) is 37.3 Å². The molecule has 2 N–H and O–H groups in total. The van der Waals surface area contributed by atoms with E-state index in [-0.39, 0.29) is 22.7 Å². The first-order valence-corrected chi connectivity index (χ1v) is 17.8. The third-order valence-corrected chi connectivity index (χ3v) is 11.4. The molecule has 6 rings (SSSR count). The zero-order chi connectivity index (χ0) is 33.2. The summed E-state index contributed by atoms with van der Waals surface area (Å²) in [7, 11) is 0. The van der Waals surface area contributed by atoms with Gasteiger partial charge in [0.15, 0.2) is 0 Å². The molecule has 0 aliphatic carbocycles. The number of hydrogen-bond acceptors (Lipinski definition) is 5. The summed E-state index contributed by atoms with van der Waals surface area (Å²) in [6.45, 7) is 7.34. The lowest BCUT2D eigenvalue weighted by molar-refractivity contribution is 0.317. The van der Waals surface area contributed by atoms with E-state index in [4.69, 9.17) is 28.3 Å². The highest BCUT2D eigenvalue weighted by molar-refractivity contribution is 7.90. The van der Waals surface area contributed by atoms with Crippen LogP contribution in [-0.2, 0) is 16.9 Å². The molecule has 2 atom stereocenters. The monoisotopic (exact) mass is 686 g/mol. The Labute approximate surface area is 290 Å². The van der Waals surface area contributed by atoms with E-state index in [1.165, 1.54) is 6.07 Å². The molecule has 1 fully saturated rings. The second-order valence-corrected chi connectivity index (χ2v) is 15.9. The molecule has 0 amide bonds. The van der Waals surface area contributed by atoms with Gasteiger partial charge in [-0.25, -0.2) is 0 Å². The van der Waals surface area contributed by atoms with Gasteiger partial charge in [-0.05, 0) is 62.3 Å². The van der Waals surface area contributed by atoms with Crippen molar-refractivity contribution in [3.8, 4) is 5.75 Å². The maximum atomic E-state index is 13.3. The number of anilines is 1. The highest BCUT2D eigenvalue weighted by atomic mass is 35.5. The fourth-order valence-electron chi connectivity index (χ4n) is 6.59. The molecule has 1 aliphatic heterocycles. The summed E-state index contributed by atoms with van der Waals surface area (Å²) in [5, 5.41) is 16.6. The number of hydrogen-bond donors (Lipinski definition) is 2. The van der Waals surface area contributed by atoms with Crippen LogP contribution in [0, 0.1) is 5.92 Å². The Morgan fingerprint density at radius 1 is 0.830 bits per heavy atom. The minimum Gasteiger partial charge on any atom is -0.598 e. The van der Waals surface area contributed by atoms with Crippen LogP contribution in [0.15, 0.2) is 116 Å². The molecule has 0 spiro atoms. The molecule has 1 aliphatic rings. The Kier molecular flexibility index (Phi) is 9.93. The van der Waals surface area contributed by atoms with E-state index in [1.807, 2.05) is 45.2 Å². The highest BCUT2D eigenvalue weighted by Gasteiger charge is 2.40. The van der Waals surface area contributed by atoms with Crippen molar-refractivity contribution in [2.75, 3.05) is 18.0 Å². The first-order chi connectivity index (χ1) is 22.6. The fourth-order valence-corrected chi connectivity index (χ4v) is 7.83. The molecular formula is C38H40Cl2N4O2S. The molecule has 2 unspecified atom stereocenters. The second-order valence-electron chi connectivity index (χ2n) is 13.1. The van der Waals surface area contributed by atoms with Gasteiger partial charge in [0.25, 0.3) is 0 Å². The number of benzene rings is 4. The summed E-state index contributed by atoms with van der Waals surface area (Å²) in [5.74, 6) is 0.151. The average Bonchev–Trinajstić information content (AvgIpc) is 3.57. The number of nitrogens with one attached hydrogen (secondary N) is 1. The predicted octanol–water partition coefficient (Wildman–Crippen LogP) is 8.75. The average molecular weight is 688 g/mol. The van der Waals surface area contributed by atoms with Crippen molar-refractivity contribution in [1.82, 2.24) is 14.5 Å². The largest absolute Gasteiger partial charge is 0.598 e. The molecule has 0 bridgehead atoms. The van der Waals surface area contributed by atoms with Crippen LogP contribution in [0.2, 0.25) is 10.0 Å². The van der Waals surface area contributed by atoms with Crippen molar-refractivity contribution in [3.05, 3.63) is 148 Å². The molecule has 1 aromatic heterocycles. The third-order valence-electron chi connectivity index (χ3n) is 9.06. The topological polar surface area (TPSA) is 76.4 Å². The number of rotatable bonds is 9. The van der Waals surface area contributed by atoms with Crippen molar-refractivity contribution < 1.29 is 9.66 Å². The van der Waals surface area contributed by atoms with E-state index in [2.05, 4.69) is 93.3 Å². The summed E-state index contributed by atoms with van der Waals surface area (Å²) in [6, 6.07) is 34.4. The minimum absolute atomic E-state index is 0.0468. The Morgan fingerprint density at radius 3 is 1.81 bits per heavy atom. The van der Waals surface area contributed by atoms with Crippen molar-refractivity contribution >= 4 is 40.3 Å². The van der Waals surface area contributed by atoms with Crippen LogP contribution in [0.4, 0.5) is 5.69 Å². The van der Waals surface area contributed by atoms with Crippen LogP contribution >= 0.6 is 23.2 Å². The molecule has 9 heteroatoms. The lowest BCUT2D eigenvalue weighted by atomic mass is 9.77. The summed E-state index contributed by atoms with van der Waals surface area (Å²) in [6.07, 6.45) is 5.73. The van der Waals surface area contributed by atoms with Gasteiger partial charge in [-0.15, -0.1) is 4.72 Å². The van der Waals surface area contributed by atoms with Gasteiger partial charge < -0.3 is 14.6 Å². The van der Waals surface area contributed by atoms with Gasteiger partial charge in [-0.1, -0.05) is 114 Å². The standard InChI is InChI=1S/C38H40Cl2N4O2S/c1-37(2,3)47(46)42-36(32-23-33(39)34(40)24-35(32)45)27-19-21-43(22-20-27)31-25-41-44(26-31)38(28-13-7-4-8-14-28,29-15-9-5-10-16-29)30-17-11-6-12-18-30/h4-18,23-27,36,42,45H,19-22H2,1-3H3.